The Labute approximate surface area is 112 Å². The number of hydrogen-bond acceptors (Lipinski definition) is 1. The van der Waals surface area contributed by atoms with Crippen molar-refractivity contribution in [3.63, 3.8) is 0 Å². The maximum absolute atomic E-state index is 13.3. The number of benzene rings is 1. The number of hydrogen-bond donors (Lipinski definition) is 1. The van der Waals surface area contributed by atoms with Gasteiger partial charge in [-0.1, -0.05) is 32.1 Å². The lowest BCUT2D eigenvalue weighted by Crippen LogP contribution is -2.12. The van der Waals surface area contributed by atoms with Crippen LogP contribution in [-0.4, -0.2) is 10.8 Å². The summed E-state index contributed by atoms with van der Waals surface area (Å²) in [5, 5.41) is 0.709. The highest BCUT2D eigenvalue weighted by molar-refractivity contribution is 6.07. The van der Waals surface area contributed by atoms with E-state index in [0.29, 0.717) is 23.3 Å². The number of Topliss-reactive ketones (excluding diaryl/α,β-unsaturated/α-hetero) is 1. The van der Waals surface area contributed by atoms with Gasteiger partial charge < -0.3 is 4.98 Å². The van der Waals surface area contributed by atoms with Crippen molar-refractivity contribution in [2.24, 2.45) is 5.92 Å². The van der Waals surface area contributed by atoms with Gasteiger partial charge in [0.1, 0.15) is 5.82 Å². The minimum absolute atomic E-state index is 0.142. The molecular weight excluding hydrogens is 241 g/mol. The van der Waals surface area contributed by atoms with Gasteiger partial charge in [0.2, 0.25) is 0 Å². The predicted molar refractivity (Wildman–Crippen MR) is 73.8 cm³/mol. The van der Waals surface area contributed by atoms with E-state index in [9.17, 15) is 9.18 Å². The van der Waals surface area contributed by atoms with E-state index in [-0.39, 0.29) is 11.6 Å². The molecule has 0 amide bonds. The number of nitrogens with one attached hydrogen (secondary N) is 1. The molecule has 1 aromatic carbocycles. The molecule has 0 bridgehead atoms. The summed E-state index contributed by atoms with van der Waals surface area (Å²) >= 11 is 0. The number of rotatable bonds is 3. The summed E-state index contributed by atoms with van der Waals surface area (Å²) in [5.74, 6) is 0.363. The zero-order valence-electron chi connectivity index (χ0n) is 10.9. The third-order valence-electron chi connectivity index (χ3n) is 4.14. The Hall–Kier alpha value is -1.64. The van der Waals surface area contributed by atoms with Crippen LogP contribution in [0, 0.1) is 11.7 Å². The standard InChI is InChI=1S/C16H18FNO/c17-12-6-7-15-13(9-12)14(10-18-15)16(19)8-11-4-2-1-3-5-11/h6-7,9-11,18H,1-5,8H2. The summed E-state index contributed by atoms with van der Waals surface area (Å²) in [6.45, 7) is 0. The van der Waals surface area contributed by atoms with Crippen LogP contribution in [0.15, 0.2) is 24.4 Å². The second kappa shape index (κ2) is 5.16. The van der Waals surface area contributed by atoms with Crippen LogP contribution < -0.4 is 0 Å². The van der Waals surface area contributed by atoms with E-state index in [0.717, 1.165) is 18.4 Å². The van der Waals surface area contributed by atoms with Gasteiger partial charge in [0.25, 0.3) is 0 Å². The zero-order valence-corrected chi connectivity index (χ0v) is 10.9. The van der Waals surface area contributed by atoms with Crippen molar-refractivity contribution in [2.75, 3.05) is 0 Å². The van der Waals surface area contributed by atoms with Crippen LogP contribution in [0.2, 0.25) is 0 Å². The maximum Gasteiger partial charge on any atom is 0.165 e. The minimum Gasteiger partial charge on any atom is -0.360 e. The van der Waals surface area contributed by atoms with E-state index in [2.05, 4.69) is 4.98 Å². The molecule has 1 aromatic heterocycles. The average molecular weight is 259 g/mol. The Kier molecular flexibility index (Phi) is 3.36. The highest BCUT2D eigenvalue weighted by Gasteiger charge is 2.20. The lowest BCUT2D eigenvalue weighted by atomic mass is 9.85. The molecule has 2 nitrogen and oxygen atoms in total. The molecule has 0 unspecified atom stereocenters. The molecule has 0 atom stereocenters. The number of carbonyl (C=O) groups is 1. The van der Waals surface area contributed by atoms with E-state index in [1.165, 1.54) is 31.4 Å². The number of aromatic nitrogens is 1. The molecule has 3 heteroatoms. The normalized spacial score (nSPS) is 16.9. The van der Waals surface area contributed by atoms with Crippen LogP contribution in [0.25, 0.3) is 10.9 Å². The Morgan fingerprint density at radius 1 is 1.26 bits per heavy atom. The summed E-state index contributed by atoms with van der Waals surface area (Å²) in [5.41, 5.74) is 1.47. The van der Waals surface area contributed by atoms with Crippen molar-refractivity contribution in [3.05, 3.63) is 35.8 Å². The molecule has 0 radical (unpaired) electrons. The van der Waals surface area contributed by atoms with Crippen molar-refractivity contribution in [2.45, 2.75) is 38.5 Å². The number of ketones is 1. The Morgan fingerprint density at radius 2 is 2.05 bits per heavy atom. The first-order valence-corrected chi connectivity index (χ1v) is 7.04. The first kappa shape index (κ1) is 12.4. The highest BCUT2D eigenvalue weighted by atomic mass is 19.1. The fraction of sp³-hybridized carbons (Fsp3) is 0.438. The van der Waals surface area contributed by atoms with E-state index in [1.807, 2.05) is 0 Å². The molecular formula is C16H18FNO. The number of carbonyl (C=O) groups excluding carboxylic acids is 1. The molecule has 1 aliphatic carbocycles. The first-order chi connectivity index (χ1) is 9.24. The Balaban J connectivity index is 1.82. The van der Waals surface area contributed by atoms with Crippen molar-refractivity contribution in [1.82, 2.24) is 4.98 Å². The summed E-state index contributed by atoms with van der Waals surface area (Å²) in [4.78, 5) is 15.4. The SMILES string of the molecule is O=C(CC1CCCCC1)c1c[nH]c2ccc(F)cc12. The highest BCUT2D eigenvalue weighted by Crippen LogP contribution is 2.29. The van der Waals surface area contributed by atoms with Gasteiger partial charge in [0, 0.05) is 29.1 Å². The van der Waals surface area contributed by atoms with Crippen LogP contribution in [0.1, 0.15) is 48.9 Å². The molecule has 1 aliphatic rings. The number of halogens is 1. The molecule has 1 fully saturated rings. The van der Waals surface area contributed by atoms with E-state index in [4.69, 9.17) is 0 Å². The van der Waals surface area contributed by atoms with Gasteiger partial charge in [-0.3, -0.25) is 4.79 Å². The Bertz CT molecular complexity index is 596. The zero-order chi connectivity index (χ0) is 13.2. The molecule has 0 spiro atoms. The van der Waals surface area contributed by atoms with Gasteiger partial charge in [-0.25, -0.2) is 4.39 Å². The number of fused-ring (bicyclic) bond motifs is 1. The topological polar surface area (TPSA) is 32.9 Å². The third kappa shape index (κ3) is 2.55. The molecule has 100 valence electrons. The van der Waals surface area contributed by atoms with Crippen LogP contribution in [0.4, 0.5) is 4.39 Å². The largest absolute Gasteiger partial charge is 0.360 e. The van der Waals surface area contributed by atoms with E-state index >= 15 is 0 Å². The monoisotopic (exact) mass is 259 g/mol. The Morgan fingerprint density at radius 3 is 2.84 bits per heavy atom. The third-order valence-corrected chi connectivity index (χ3v) is 4.14. The molecule has 1 heterocycles. The number of H-pyrrole nitrogens is 1. The van der Waals surface area contributed by atoms with Crippen LogP contribution >= 0.6 is 0 Å². The van der Waals surface area contributed by atoms with Crippen molar-refractivity contribution in [1.29, 1.82) is 0 Å². The second-order valence-corrected chi connectivity index (χ2v) is 5.52. The molecule has 0 aliphatic heterocycles. The van der Waals surface area contributed by atoms with Crippen molar-refractivity contribution in [3.8, 4) is 0 Å². The van der Waals surface area contributed by atoms with Crippen LogP contribution in [-0.2, 0) is 0 Å². The van der Waals surface area contributed by atoms with Crippen molar-refractivity contribution >= 4 is 16.7 Å². The van der Waals surface area contributed by atoms with E-state index < -0.39 is 0 Å². The van der Waals surface area contributed by atoms with Gasteiger partial charge >= 0.3 is 0 Å². The van der Waals surface area contributed by atoms with Gasteiger partial charge in [-0.15, -0.1) is 0 Å². The fourth-order valence-electron chi connectivity index (χ4n) is 3.09. The van der Waals surface area contributed by atoms with Crippen molar-refractivity contribution < 1.29 is 9.18 Å². The van der Waals surface area contributed by atoms with Gasteiger partial charge in [-0.05, 0) is 24.1 Å². The van der Waals surface area contributed by atoms with Gasteiger partial charge in [-0.2, -0.15) is 0 Å². The summed E-state index contributed by atoms with van der Waals surface area (Å²) in [6.07, 6.45) is 8.40. The van der Waals surface area contributed by atoms with Gasteiger partial charge in [0.05, 0.1) is 0 Å². The molecule has 1 N–H and O–H groups in total. The summed E-state index contributed by atoms with van der Waals surface area (Å²) in [6, 6.07) is 4.54. The van der Waals surface area contributed by atoms with E-state index in [1.54, 1.807) is 12.3 Å². The minimum atomic E-state index is -0.293. The lowest BCUT2D eigenvalue weighted by molar-refractivity contribution is 0.0952. The smallest absolute Gasteiger partial charge is 0.165 e. The first-order valence-electron chi connectivity index (χ1n) is 7.04. The number of aromatic amines is 1. The molecule has 2 aromatic rings. The van der Waals surface area contributed by atoms with Gasteiger partial charge in [0.15, 0.2) is 5.78 Å². The predicted octanol–water partition coefficient (Wildman–Crippen LogP) is 4.46. The van der Waals surface area contributed by atoms with Crippen LogP contribution in [0.3, 0.4) is 0 Å². The lowest BCUT2D eigenvalue weighted by Gasteiger charge is -2.20. The average Bonchev–Trinajstić information content (AvgIpc) is 2.82. The molecule has 1 saturated carbocycles. The molecule has 3 rings (SSSR count). The quantitative estimate of drug-likeness (QED) is 0.811. The summed E-state index contributed by atoms with van der Waals surface area (Å²) in [7, 11) is 0. The maximum atomic E-state index is 13.3. The molecule has 19 heavy (non-hydrogen) atoms. The second-order valence-electron chi connectivity index (χ2n) is 5.52. The van der Waals surface area contributed by atoms with Crippen LogP contribution in [0.5, 0.6) is 0 Å². The molecule has 0 saturated heterocycles. The fourth-order valence-corrected chi connectivity index (χ4v) is 3.09. The summed E-state index contributed by atoms with van der Waals surface area (Å²) < 4.78 is 13.3.